The number of carbonyl (C=O) groups excluding carboxylic acids is 2. The lowest BCUT2D eigenvalue weighted by Gasteiger charge is -2.45. The molecule has 4 rings (SSSR count). The number of aryl methyl sites for hydroxylation is 2. The molecule has 5 heteroatoms. The van der Waals surface area contributed by atoms with Gasteiger partial charge in [0.05, 0.1) is 0 Å². The number of phenolic OH excluding ortho intramolecular Hbond substituents is 1. The summed E-state index contributed by atoms with van der Waals surface area (Å²) in [7, 11) is 0. The van der Waals surface area contributed by atoms with Crippen LogP contribution in [-0.2, 0) is 26.2 Å². The first-order valence-corrected chi connectivity index (χ1v) is 13.8. The fraction of sp³-hybridized carbons (Fsp3) is 0.533. The minimum absolute atomic E-state index is 0.0103. The van der Waals surface area contributed by atoms with Crippen LogP contribution in [0.1, 0.15) is 82.4 Å². The number of phenols is 1. The topological polar surface area (TPSA) is 63.6 Å². The average Bonchev–Trinajstić information content (AvgIpc) is 2.81. The number of cyclic esters (lactones) is 1. The second-order valence-corrected chi connectivity index (χ2v) is 12.5. The summed E-state index contributed by atoms with van der Waals surface area (Å²) in [5.41, 5.74) is 2.51. The number of carbonyl (C=O) groups is 2. The third-order valence-electron chi connectivity index (χ3n) is 7.60. The van der Waals surface area contributed by atoms with Gasteiger partial charge in [-0.25, -0.2) is 0 Å². The first-order valence-electron chi connectivity index (χ1n) is 12.9. The summed E-state index contributed by atoms with van der Waals surface area (Å²) in [6.07, 6.45) is 7.07. The zero-order valence-corrected chi connectivity index (χ0v) is 22.2. The summed E-state index contributed by atoms with van der Waals surface area (Å²) >= 11 is 1.36. The van der Waals surface area contributed by atoms with Crippen molar-refractivity contribution in [3.8, 4) is 5.75 Å². The Bertz CT molecular complexity index is 1040. The zero-order valence-electron chi connectivity index (χ0n) is 21.4. The van der Waals surface area contributed by atoms with Crippen molar-refractivity contribution in [2.24, 2.45) is 5.92 Å². The van der Waals surface area contributed by atoms with Crippen LogP contribution in [0.3, 0.4) is 0 Å². The standard InChI is InChI=1S/C30H38O4S/c1-20-10-15-24(29(2,3)4)26(18-20)35-27-25(32)19-30(34-28(27)33,22-8-6-5-7-9-22)17-16-21-11-13-23(31)14-12-21/h10-15,18,22,27,31H,5-9,16-17,19H2,1-4H3. The number of thioether (sulfide) groups is 1. The lowest BCUT2D eigenvalue weighted by molar-refractivity contribution is -0.179. The van der Waals surface area contributed by atoms with E-state index in [1.165, 1.54) is 18.2 Å². The molecule has 4 nitrogen and oxygen atoms in total. The van der Waals surface area contributed by atoms with E-state index in [-0.39, 0.29) is 35.3 Å². The Balaban J connectivity index is 1.57. The van der Waals surface area contributed by atoms with Gasteiger partial charge in [0.1, 0.15) is 11.4 Å². The molecule has 188 valence electrons. The molecule has 1 saturated carbocycles. The molecule has 2 unspecified atom stereocenters. The van der Waals surface area contributed by atoms with Crippen LogP contribution in [-0.4, -0.2) is 27.7 Å². The van der Waals surface area contributed by atoms with E-state index in [1.807, 2.05) is 19.1 Å². The van der Waals surface area contributed by atoms with Crippen molar-refractivity contribution >= 4 is 23.5 Å². The monoisotopic (exact) mass is 494 g/mol. The first-order chi connectivity index (χ1) is 16.6. The Labute approximate surface area is 213 Å². The number of Topliss-reactive ketones (excluding diaryl/α,β-unsaturated/α-hetero) is 1. The maximum Gasteiger partial charge on any atom is 0.327 e. The van der Waals surface area contributed by atoms with Crippen molar-refractivity contribution in [2.75, 3.05) is 0 Å². The van der Waals surface area contributed by atoms with E-state index in [1.54, 1.807) is 12.1 Å². The van der Waals surface area contributed by atoms with Crippen LogP contribution in [0.5, 0.6) is 5.75 Å². The van der Waals surface area contributed by atoms with Crippen molar-refractivity contribution in [1.29, 1.82) is 0 Å². The van der Waals surface area contributed by atoms with Crippen LogP contribution in [0, 0.1) is 12.8 Å². The molecule has 2 fully saturated rings. The van der Waals surface area contributed by atoms with Gasteiger partial charge in [-0.05, 0) is 78.8 Å². The number of benzene rings is 2. The van der Waals surface area contributed by atoms with Crippen molar-refractivity contribution in [1.82, 2.24) is 0 Å². The van der Waals surface area contributed by atoms with Crippen molar-refractivity contribution in [3.63, 3.8) is 0 Å². The molecular weight excluding hydrogens is 456 g/mol. The van der Waals surface area contributed by atoms with Crippen molar-refractivity contribution in [3.05, 3.63) is 59.2 Å². The van der Waals surface area contributed by atoms with Gasteiger partial charge >= 0.3 is 5.97 Å². The van der Waals surface area contributed by atoms with E-state index in [0.717, 1.165) is 47.3 Å². The van der Waals surface area contributed by atoms with Gasteiger partial charge in [0, 0.05) is 11.3 Å². The molecule has 0 aromatic heterocycles. The summed E-state index contributed by atoms with van der Waals surface area (Å²) in [5, 5.41) is 8.80. The zero-order chi connectivity index (χ0) is 25.2. The number of ketones is 1. The largest absolute Gasteiger partial charge is 0.508 e. The maximum absolute atomic E-state index is 13.6. The van der Waals surface area contributed by atoms with E-state index in [2.05, 4.69) is 39.0 Å². The van der Waals surface area contributed by atoms with Crippen molar-refractivity contribution < 1.29 is 19.4 Å². The number of aromatic hydroxyl groups is 1. The highest BCUT2D eigenvalue weighted by Crippen LogP contribution is 2.46. The fourth-order valence-electron chi connectivity index (χ4n) is 5.61. The molecule has 1 saturated heterocycles. The predicted octanol–water partition coefficient (Wildman–Crippen LogP) is 6.93. The van der Waals surface area contributed by atoms with E-state index < -0.39 is 10.9 Å². The van der Waals surface area contributed by atoms with Gasteiger partial charge in [-0.15, -0.1) is 11.8 Å². The average molecular weight is 495 g/mol. The number of hydrogen-bond acceptors (Lipinski definition) is 5. The number of esters is 1. The van der Waals surface area contributed by atoms with E-state index in [0.29, 0.717) is 12.8 Å². The molecule has 2 aromatic rings. The Morgan fingerprint density at radius 2 is 1.71 bits per heavy atom. The number of hydrogen-bond donors (Lipinski definition) is 1. The third-order valence-corrected chi connectivity index (χ3v) is 8.88. The first kappa shape index (κ1) is 25.8. The number of ether oxygens (including phenoxy) is 1. The molecule has 0 amide bonds. The van der Waals surface area contributed by atoms with Crippen LogP contribution >= 0.6 is 11.8 Å². The lowest BCUT2D eigenvalue weighted by Crippen LogP contribution is -2.53. The highest BCUT2D eigenvalue weighted by Gasteiger charge is 2.51. The predicted molar refractivity (Wildman–Crippen MR) is 141 cm³/mol. The highest BCUT2D eigenvalue weighted by molar-refractivity contribution is 8.01. The van der Waals surface area contributed by atoms with Crippen LogP contribution in [0.15, 0.2) is 47.4 Å². The summed E-state index contributed by atoms with van der Waals surface area (Å²) in [4.78, 5) is 28.1. The van der Waals surface area contributed by atoms with E-state index in [9.17, 15) is 14.7 Å². The Hall–Kier alpha value is -2.27. The molecular formula is C30H38O4S. The van der Waals surface area contributed by atoms with Crippen molar-refractivity contribution in [2.45, 2.75) is 100 Å². The highest BCUT2D eigenvalue weighted by atomic mass is 32.2. The molecule has 0 radical (unpaired) electrons. The normalized spacial score (nSPS) is 23.8. The SMILES string of the molecule is Cc1ccc(C(C)(C)C)c(SC2C(=O)CC(CCc3ccc(O)cc3)(C3CCCCC3)OC2=O)c1. The molecule has 1 N–H and O–H groups in total. The third kappa shape index (κ3) is 5.94. The maximum atomic E-state index is 13.6. The smallest absolute Gasteiger partial charge is 0.327 e. The van der Waals surface area contributed by atoms with Gasteiger partial charge < -0.3 is 9.84 Å². The number of rotatable bonds is 6. The summed E-state index contributed by atoms with van der Waals surface area (Å²) in [5.74, 6) is 0.0600. The molecule has 0 bridgehead atoms. The second-order valence-electron chi connectivity index (χ2n) is 11.4. The Kier molecular flexibility index (Phi) is 7.65. The van der Waals surface area contributed by atoms with Gasteiger partial charge in [-0.1, -0.05) is 64.3 Å². The molecule has 1 aliphatic carbocycles. The summed E-state index contributed by atoms with van der Waals surface area (Å²) in [6, 6.07) is 13.5. The van der Waals surface area contributed by atoms with Crippen LogP contribution < -0.4 is 0 Å². The van der Waals surface area contributed by atoms with E-state index >= 15 is 0 Å². The molecule has 35 heavy (non-hydrogen) atoms. The van der Waals surface area contributed by atoms with E-state index in [4.69, 9.17) is 4.74 Å². The van der Waals surface area contributed by atoms with Gasteiger partial charge in [0.25, 0.3) is 0 Å². The second kappa shape index (κ2) is 10.4. The molecule has 2 atom stereocenters. The lowest BCUT2D eigenvalue weighted by atomic mass is 9.70. The van der Waals surface area contributed by atoms with Gasteiger partial charge in [0.15, 0.2) is 11.0 Å². The quantitative estimate of drug-likeness (QED) is 0.349. The molecule has 1 aliphatic heterocycles. The molecule has 2 aromatic carbocycles. The van der Waals surface area contributed by atoms with Gasteiger partial charge in [-0.2, -0.15) is 0 Å². The molecule has 1 heterocycles. The minimum Gasteiger partial charge on any atom is -0.508 e. The summed E-state index contributed by atoms with van der Waals surface area (Å²) in [6.45, 7) is 8.50. The van der Waals surface area contributed by atoms with Gasteiger partial charge in [-0.3, -0.25) is 9.59 Å². The fourth-order valence-corrected chi connectivity index (χ4v) is 6.98. The molecule has 2 aliphatic rings. The Morgan fingerprint density at radius 1 is 1.03 bits per heavy atom. The Morgan fingerprint density at radius 3 is 2.34 bits per heavy atom. The van der Waals surface area contributed by atoms with Crippen LogP contribution in [0.4, 0.5) is 0 Å². The van der Waals surface area contributed by atoms with Gasteiger partial charge in [0.2, 0.25) is 0 Å². The van der Waals surface area contributed by atoms with Crippen LogP contribution in [0.2, 0.25) is 0 Å². The molecule has 0 spiro atoms. The minimum atomic E-state index is -0.816. The summed E-state index contributed by atoms with van der Waals surface area (Å²) < 4.78 is 6.34. The van der Waals surface area contributed by atoms with Crippen LogP contribution in [0.25, 0.3) is 0 Å².